The maximum Gasteiger partial charge on any atom is 0.416 e. The van der Waals surface area contributed by atoms with Gasteiger partial charge in [0, 0.05) is 0 Å². The molecular weight excluding hydrogens is 317 g/mol. The average molecular weight is 336 g/mol. The molecular formula is C19H19F3O2. The summed E-state index contributed by atoms with van der Waals surface area (Å²) in [5.74, 6) is 0.0643. The molecule has 0 aromatic heterocycles. The fraction of sp³-hybridized carbons (Fsp3) is 0.316. The highest BCUT2D eigenvalue weighted by Gasteiger charge is 2.29. The number of alkyl halides is 3. The zero-order valence-electron chi connectivity index (χ0n) is 13.6. The quantitative estimate of drug-likeness (QED) is 0.667. The molecule has 0 N–H and O–H groups in total. The predicted molar refractivity (Wildman–Crippen MR) is 86.6 cm³/mol. The molecule has 2 rings (SSSR count). The molecule has 0 atom stereocenters. The summed E-state index contributed by atoms with van der Waals surface area (Å²) in [5.41, 5.74) is 1.14. The van der Waals surface area contributed by atoms with Crippen molar-refractivity contribution in [3.05, 3.63) is 59.7 Å². The van der Waals surface area contributed by atoms with Crippen LogP contribution in [0.2, 0.25) is 0 Å². The van der Waals surface area contributed by atoms with E-state index < -0.39 is 17.7 Å². The van der Waals surface area contributed by atoms with Crippen molar-refractivity contribution in [2.75, 3.05) is 6.61 Å². The van der Waals surface area contributed by atoms with Crippen LogP contribution >= 0.6 is 0 Å². The summed E-state index contributed by atoms with van der Waals surface area (Å²) < 4.78 is 42.9. The number of carbonyl (C=O) groups excluding carboxylic acids is 1. The number of benzene rings is 2. The van der Waals surface area contributed by atoms with Gasteiger partial charge in [0.2, 0.25) is 0 Å². The minimum atomic E-state index is -4.35. The van der Waals surface area contributed by atoms with Gasteiger partial charge in [0.1, 0.15) is 0 Å². The third-order valence-corrected chi connectivity index (χ3v) is 3.59. The molecule has 2 aromatic carbocycles. The van der Waals surface area contributed by atoms with Crippen LogP contribution in [-0.4, -0.2) is 12.6 Å². The van der Waals surface area contributed by atoms with E-state index in [0.717, 1.165) is 24.1 Å². The Morgan fingerprint density at radius 2 is 1.46 bits per heavy atom. The zero-order chi connectivity index (χ0) is 17.7. The predicted octanol–water partition coefficient (Wildman–Crippen LogP) is 5.58. The number of ether oxygens (including phenoxy) is 1. The van der Waals surface area contributed by atoms with Gasteiger partial charge in [-0.3, -0.25) is 0 Å². The van der Waals surface area contributed by atoms with Crippen molar-refractivity contribution in [1.82, 2.24) is 0 Å². The van der Waals surface area contributed by atoms with E-state index in [1.54, 1.807) is 24.3 Å². The van der Waals surface area contributed by atoms with E-state index in [2.05, 4.69) is 0 Å². The normalized spacial score (nSPS) is 11.6. The van der Waals surface area contributed by atoms with Gasteiger partial charge >= 0.3 is 12.1 Å². The van der Waals surface area contributed by atoms with Crippen LogP contribution in [0.1, 0.15) is 36.2 Å². The van der Waals surface area contributed by atoms with Crippen LogP contribution in [-0.2, 0) is 10.9 Å². The smallest absolute Gasteiger partial charge is 0.416 e. The van der Waals surface area contributed by atoms with Crippen LogP contribution in [0.25, 0.3) is 11.1 Å². The van der Waals surface area contributed by atoms with Gasteiger partial charge < -0.3 is 4.74 Å². The van der Waals surface area contributed by atoms with Gasteiger partial charge in [-0.05, 0) is 47.7 Å². The monoisotopic (exact) mass is 336 g/mol. The van der Waals surface area contributed by atoms with E-state index in [1.165, 1.54) is 12.1 Å². The Morgan fingerprint density at radius 3 is 1.92 bits per heavy atom. The summed E-state index contributed by atoms with van der Waals surface area (Å²) in [7, 11) is 0. The molecule has 0 heterocycles. The lowest BCUT2D eigenvalue weighted by atomic mass is 10.0. The third-order valence-electron chi connectivity index (χ3n) is 3.59. The lowest BCUT2D eigenvalue weighted by molar-refractivity contribution is -0.137. The molecule has 2 aromatic rings. The molecule has 0 unspecified atom stereocenters. The molecule has 0 saturated heterocycles. The summed E-state index contributed by atoms with van der Waals surface area (Å²) in [6.45, 7) is 4.47. The second-order valence-electron chi connectivity index (χ2n) is 5.97. The molecule has 0 radical (unpaired) electrons. The summed E-state index contributed by atoms with van der Waals surface area (Å²) >= 11 is 0. The lowest BCUT2D eigenvalue weighted by Crippen LogP contribution is -2.08. The van der Waals surface area contributed by atoms with Crippen molar-refractivity contribution in [1.29, 1.82) is 0 Å². The van der Waals surface area contributed by atoms with Crippen molar-refractivity contribution in [3.8, 4) is 11.1 Å². The lowest BCUT2D eigenvalue weighted by Gasteiger charge is -2.09. The van der Waals surface area contributed by atoms with Crippen molar-refractivity contribution in [2.24, 2.45) is 5.92 Å². The maximum absolute atomic E-state index is 12.6. The van der Waals surface area contributed by atoms with E-state index in [0.29, 0.717) is 23.7 Å². The molecule has 0 saturated carbocycles. The zero-order valence-corrected chi connectivity index (χ0v) is 13.6. The number of hydrogen-bond donors (Lipinski definition) is 0. The Labute approximate surface area is 139 Å². The van der Waals surface area contributed by atoms with Gasteiger partial charge in [-0.15, -0.1) is 0 Å². The van der Waals surface area contributed by atoms with Crippen LogP contribution in [0.4, 0.5) is 13.2 Å². The molecule has 0 aliphatic rings. The molecule has 0 spiro atoms. The molecule has 5 heteroatoms. The van der Waals surface area contributed by atoms with Crippen LogP contribution < -0.4 is 0 Å². The highest BCUT2D eigenvalue weighted by molar-refractivity contribution is 5.90. The minimum absolute atomic E-state index is 0.372. The second kappa shape index (κ2) is 7.51. The second-order valence-corrected chi connectivity index (χ2v) is 5.97. The highest BCUT2D eigenvalue weighted by Crippen LogP contribution is 2.31. The number of halogens is 3. The first-order chi connectivity index (χ1) is 11.3. The van der Waals surface area contributed by atoms with Crippen molar-refractivity contribution < 1.29 is 22.7 Å². The first-order valence-corrected chi connectivity index (χ1v) is 7.72. The Balaban J connectivity index is 2.05. The number of hydrogen-bond acceptors (Lipinski definition) is 2. The molecule has 2 nitrogen and oxygen atoms in total. The SMILES string of the molecule is CC(C)CCOC(=O)c1ccc(-c2ccc(C(F)(F)F)cc2)cc1. The van der Waals surface area contributed by atoms with Gasteiger partial charge in [-0.1, -0.05) is 38.1 Å². The molecule has 128 valence electrons. The van der Waals surface area contributed by atoms with Gasteiger partial charge in [-0.2, -0.15) is 13.2 Å². The van der Waals surface area contributed by atoms with Crippen LogP contribution in [0, 0.1) is 5.92 Å². The van der Waals surface area contributed by atoms with Crippen molar-refractivity contribution >= 4 is 5.97 Å². The van der Waals surface area contributed by atoms with E-state index in [-0.39, 0.29) is 0 Å². The average Bonchev–Trinajstić information content (AvgIpc) is 2.54. The van der Waals surface area contributed by atoms with Gasteiger partial charge in [0.05, 0.1) is 17.7 Å². The molecule has 0 aliphatic carbocycles. The number of esters is 1. The largest absolute Gasteiger partial charge is 0.462 e. The van der Waals surface area contributed by atoms with Gasteiger partial charge in [0.25, 0.3) is 0 Å². The molecule has 24 heavy (non-hydrogen) atoms. The molecule has 0 aliphatic heterocycles. The summed E-state index contributed by atoms with van der Waals surface area (Å²) in [6, 6.07) is 11.5. The van der Waals surface area contributed by atoms with E-state index in [9.17, 15) is 18.0 Å². The number of rotatable bonds is 5. The topological polar surface area (TPSA) is 26.3 Å². The van der Waals surface area contributed by atoms with E-state index in [4.69, 9.17) is 4.74 Å². The van der Waals surface area contributed by atoms with Gasteiger partial charge in [-0.25, -0.2) is 4.79 Å². The third kappa shape index (κ3) is 4.85. The molecule has 0 bridgehead atoms. The first kappa shape index (κ1) is 18.0. The Kier molecular flexibility index (Phi) is 5.65. The maximum atomic E-state index is 12.6. The fourth-order valence-electron chi connectivity index (χ4n) is 2.12. The summed E-state index contributed by atoms with van der Waals surface area (Å²) in [4.78, 5) is 11.9. The molecule has 0 amide bonds. The van der Waals surface area contributed by atoms with E-state index >= 15 is 0 Å². The Morgan fingerprint density at radius 1 is 0.958 bits per heavy atom. The Bertz CT molecular complexity index is 671. The van der Waals surface area contributed by atoms with Crippen LogP contribution in [0.15, 0.2) is 48.5 Å². The standard InChI is InChI=1S/C19H19F3O2/c1-13(2)11-12-24-18(23)16-5-3-14(4-6-16)15-7-9-17(10-8-15)19(20,21)22/h3-10,13H,11-12H2,1-2H3. The van der Waals surface area contributed by atoms with E-state index in [1.807, 2.05) is 13.8 Å². The highest BCUT2D eigenvalue weighted by atomic mass is 19.4. The Hall–Kier alpha value is -2.30. The first-order valence-electron chi connectivity index (χ1n) is 7.72. The van der Waals surface area contributed by atoms with Gasteiger partial charge in [0.15, 0.2) is 0 Å². The summed E-state index contributed by atoms with van der Waals surface area (Å²) in [6.07, 6.45) is -3.54. The van der Waals surface area contributed by atoms with Crippen molar-refractivity contribution in [3.63, 3.8) is 0 Å². The number of carbonyl (C=O) groups is 1. The van der Waals surface area contributed by atoms with Crippen molar-refractivity contribution in [2.45, 2.75) is 26.4 Å². The van der Waals surface area contributed by atoms with Crippen LogP contribution in [0.3, 0.4) is 0 Å². The minimum Gasteiger partial charge on any atom is -0.462 e. The van der Waals surface area contributed by atoms with Crippen LogP contribution in [0.5, 0.6) is 0 Å². The fourth-order valence-corrected chi connectivity index (χ4v) is 2.12. The summed E-state index contributed by atoms with van der Waals surface area (Å²) in [5, 5.41) is 0. The molecule has 0 fully saturated rings.